The lowest BCUT2D eigenvalue weighted by molar-refractivity contribution is -0.121. The van der Waals surface area contributed by atoms with E-state index in [9.17, 15) is 13.2 Å². The second-order valence-corrected chi connectivity index (χ2v) is 11.1. The van der Waals surface area contributed by atoms with E-state index >= 15 is 0 Å². The number of rotatable bonds is 22. The molecule has 6 heteroatoms. The Morgan fingerprint density at radius 1 is 0.867 bits per heavy atom. The van der Waals surface area contributed by atoms with E-state index in [1.807, 2.05) is 0 Å². The lowest BCUT2D eigenvalue weighted by atomic mass is 10.1. The molecular formula is C24H45NO3S2. The fourth-order valence-corrected chi connectivity index (χ4v) is 5.09. The molecule has 0 saturated carbocycles. The second-order valence-electron chi connectivity index (χ2n) is 7.83. The third-order valence-electron chi connectivity index (χ3n) is 5.00. The highest BCUT2D eigenvalue weighted by atomic mass is 32.2. The highest BCUT2D eigenvalue weighted by Gasteiger charge is 2.04. The summed E-state index contributed by atoms with van der Waals surface area (Å²) >= 11 is 1.54. The molecular weight excluding hydrogens is 414 g/mol. The van der Waals surface area contributed by atoms with Crippen LogP contribution in [-0.4, -0.2) is 38.1 Å². The number of carbonyl (C=O) groups is 1. The first kappa shape index (κ1) is 29.2. The fourth-order valence-electron chi connectivity index (χ4n) is 3.07. The van der Waals surface area contributed by atoms with Crippen molar-refractivity contribution in [3.8, 4) is 0 Å². The molecule has 0 spiro atoms. The summed E-state index contributed by atoms with van der Waals surface area (Å²) in [5, 5.41) is 3.91. The molecule has 0 heterocycles. The Morgan fingerprint density at radius 2 is 1.43 bits per heavy atom. The van der Waals surface area contributed by atoms with Gasteiger partial charge in [-0.15, -0.1) is 0 Å². The zero-order valence-corrected chi connectivity index (χ0v) is 20.8. The van der Waals surface area contributed by atoms with Crippen molar-refractivity contribution in [2.45, 2.75) is 96.8 Å². The number of nitrogens with one attached hydrogen (secondary N) is 1. The van der Waals surface area contributed by atoms with Gasteiger partial charge in [-0.1, -0.05) is 77.0 Å². The van der Waals surface area contributed by atoms with E-state index in [4.69, 9.17) is 0 Å². The van der Waals surface area contributed by atoms with E-state index in [-0.39, 0.29) is 11.7 Å². The van der Waals surface area contributed by atoms with Gasteiger partial charge in [0.2, 0.25) is 5.91 Å². The molecule has 0 rings (SSSR count). The minimum Gasteiger partial charge on any atom is -0.355 e. The van der Waals surface area contributed by atoms with Crippen LogP contribution in [0.2, 0.25) is 0 Å². The molecule has 0 radical (unpaired) electrons. The highest BCUT2D eigenvalue weighted by molar-refractivity contribution is 8.01. The topological polar surface area (TPSA) is 63.2 Å². The zero-order chi connectivity index (χ0) is 22.3. The van der Waals surface area contributed by atoms with Gasteiger partial charge in [-0.25, -0.2) is 8.42 Å². The van der Waals surface area contributed by atoms with E-state index in [1.165, 1.54) is 82.4 Å². The van der Waals surface area contributed by atoms with Gasteiger partial charge < -0.3 is 5.32 Å². The summed E-state index contributed by atoms with van der Waals surface area (Å²) in [5.74, 6) is 1.50. The fraction of sp³-hybridized carbons (Fsp3) is 0.792. The van der Waals surface area contributed by atoms with E-state index in [2.05, 4.69) is 31.0 Å². The molecule has 0 bridgehead atoms. The number of sulfone groups is 1. The SMILES string of the molecule is C=CS(=O)(=O)CCSCCNC(=O)CCCCCCC/C=C/CCCCCCCC. The van der Waals surface area contributed by atoms with Gasteiger partial charge in [-0.3, -0.25) is 4.79 Å². The maximum Gasteiger partial charge on any atom is 0.220 e. The molecule has 0 aliphatic carbocycles. The Balaban J connectivity index is 3.31. The molecule has 0 aromatic carbocycles. The smallest absolute Gasteiger partial charge is 0.220 e. The minimum absolute atomic E-state index is 0.104. The number of allylic oxidation sites excluding steroid dienone is 2. The summed E-state index contributed by atoms with van der Waals surface area (Å²) in [4.78, 5) is 11.8. The van der Waals surface area contributed by atoms with E-state index in [0.29, 0.717) is 18.7 Å². The monoisotopic (exact) mass is 459 g/mol. The van der Waals surface area contributed by atoms with E-state index in [1.54, 1.807) is 0 Å². The Kier molecular flexibility index (Phi) is 20.9. The first-order valence-corrected chi connectivity index (χ1v) is 14.7. The number of amides is 1. The van der Waals surface area contributed by atoms with Gasteiger partial charge in [0, 0.05) is 29.9 Å². The average molecular weight is 460 g/mol. The Hall–Kier alpha value is -0.750. The van der Waals surface area contributed by atoms with Crippen molar-refractivity contribution in [3.05, 3.63) is 24.1 Å². The first-order valence-electron chi connectivity index (χ1n) is 11.9. The van der Waals surface area contributed by atoms with Crippen LogP contribution in [0.4, 0.5) is 0 Å². The van der Waals surface area contributed by atoms with Gasteiger partial charge in [0.1, 0.15) is 0 Å². The van der Waals surface area contributed by atoms with Crippen molar-refractivity contribution in [3.63, 3.8) is 0 Å². The summed E-state index contributed by atoms with van der Waals surface area (Å²) in [7, 11) is -3.10. The summed E-state index contributed by atoms with van der Waals surface area (Å²) in [6, 6.07) is 0. The van der Waals surface area contributed by atoms with Crippen LogP contribution in [0.25, 0.3) is 0 Å². The van der Waals surface area contributed by atoms with Crippen molar-refractivity contribution in [2.75, 3.05) is 23.8 Å². The third-order valence-corrected chi connectivity index (χ3v) is 7.53. The molecule has 0 fully saturated rings. The molecule has 30 heavy (non-hydrogen) atoms. The van der Waals surface area contributed by atoms with Gasteiger partial charge >= 0.3 is 0 Å². The molecule has 0 aromatic rings. The van der Waals surface area contributed by atoms with Crippen molar-refractivity contribution < 1.29 is 13.2 Å². The summed E-state index contributed by atoms with van der Waals surface area (Å²) in [6.45, 7) is 6.15. The van der Waals surface area contributed by atoms with Crippen LogP contribution in [-0.2, 0) is 14.6 Å². The third kappa shape index (κ3) is 21.9. The predicted octanol–water partition coefficient (Wildman–Crippen LogP) is 6.43. The number of hydrogen-bond donors (Lipinski definition) is 1. The van der Waals surface area contributed by atoms with Gasteiger partial charge in [0.05, 0.1) is 5.75 Å². The van der Waals surface area contributed by atoms with Crippen LogP contribution in [0, 0.1) is 0 Å². The predicted molar refractivity (Wildman–Crippen MR) is 134 cm³/mol. The molecule has 0 atom stereocenters. The number of carbonyl (C=O) groups excluding carboxylic acids is 1. The van der Waals surface area contributed by atoms with Crippen molar-refractivity contribution in [2.24, 2.45) is 0 Å². The number of hydrogen-bond acceptors (Lipinski definition) is 4. The molecule has 0 aliphatic heterocycles. The normalized spacial score (nSPS) is 11.8. The summed E-state index contributed by atoms with van der Waals surface area (Å²) < 4.78 is 22.5. The first-order chi connectivity index (χ1) is 14.5. The highest BCUT2D eigenvalue weighted by Crippen LogP contribution is 2.10. The van der Waals surface area contributed by atoms with Crippen molar-refractivity contribution in [1.82, 2.24) is 5.32 Å². The van der Waals surface area contributed by atoms with Crippen LogP contribution < -0.4 is 5.32 Å². The molecule has 176 valence electrons. The van der Waals surface area contributed by atoms with Crippen LogP contribution in [0.1, 0.15) is 96.8 Å². The maximum absolute atomic E-state index is 11.8. The van der Waals surface area contributed by atoms with Crippen LogP contribution in [0.15, 0.2) is 24.1 Å². The number of thioether (sulfide) groups is 1. The molecule has 0 saturated heterocycles. The molecule has 0 aliphatic rings. The summed E-state index contributed by atoms with van der Waals surface area (Å²) in [6.07, 6.45) is 21.6. The Bertz CT molecular complexity index is 545. The lowest BCUT2D eigenvalue weighted by Crippen LogP contribution is -2.25. The van der Waals surface area contributed by atoms with Crippen molar-refractivity contribution >= 4 is 27.5 Å². The molecule has 0 unspecified atom stereocenters. The minimum atomic E-state index is -3.10. The van der Waals surface area contributed by atoms with Crippen molar-refractivity contribution in [1.29, 1.82) is 0 Å². The Morgan fingerprint density at radius 3 is 2.03 bits per heavy atom. The lowest BCUT2D eigenvalue weighted by Gasteiger charge is -2.05. The van der Waals surface area contributed by atoms with E-state index in [0.717, 1.165) is 24.0 Å². The van der Waals surface area contributed by atoms with Crippen LogP contribution in [0.3, 0.4) is 0 Å². The second kappa shape index (κ2) is 21.5. The standard InChI is InChI=1S/C24H45NO3S2/c1-3-5-6-7-8-9-10-11-12-13-14-15-16-17-18-19-24(26)25-20-21-29-22-23-30(27,28)4-2/h4,11-12H,2-3,5-10,13-23H2,1H3,(H,25,26)/b12-11+. The average Bonchev–Trinajstić information content (AvgIpc) is 2.73. The van der Waals surface area contributed by atoms with Crippen LogP contribution in [0.5, 0.6) is 0 Å². The molecule has 4 nitrogen and oxygen atoms in total. The van der Waals surface area contributed by atoms with Gasteiger partial charge in [-0.05, 0) is 32.1 Å². The maximum atomic E-state index is 11.8. The largest absolute Gasteiger partial charge is 0.355 e. The summed E-state index contributed by atoms with van der Waals surface area (Å²) in [5.41, 5.74) is 0. The zero-order valence-electron chi connectivity index (χ0n) is 19.2. The van der Waals surface area contributed by atoms with E-state index < -0.39 is 9.84 Å². The van der Waals surface area contributed by atoms with Crippen LogP contribution >= 0.6 is 11.8 Å². The van der Waals surface area contributed by atoms with Gasteiger partial charge in [0.15, 0.2) is 9.84 Å². The molecule has 1 amide bonds. The molecule has 1 N–H and O–H groups in total. The number of unbranched alkanes of at least 4 members (excludes halogenated alkanes) is 11. The van der Waals surface area contributed by atoms with Gasteiger partial charge in [0.25, 0.3) is 0 Å². The van der Waals surface area contributed by atoms with Gasteiger partial charge in [-0.2, -0.15) is 11.8 Å². The molecule has 0 aromatic heterocycles. The Labute approximate surface area is 190 Å². The quantitative estimate of drug-likeness (QED) is 0.150.